The summed E-state index contributed by atoms with van der Waals surface area (Å²) >= 11 is 1.45. The van der Waals surface area contributed by atoms with Crippen LogP contribution in [0.15, 0.2) is 53.9 Å². The van der Waals surface area contributed by atoms with E-state index in [-0.39, 0.29) is 12.3 Å². The van der Waals surface area contributed by atoms with E-state index in [0.717, 1.165) is 33.8 Å². The molecule has 0 spiro atoms. The fourth-order valence-electron chi connectivity index (χ4n) is 2.89. The molecule has 0 bridgehead atoms. The summed E-state index contributed by atoms with van der Waals surface area (Å²) in [6.07, 6.45) is 0.203. The van der Waals surface area contributed by atoms with Crippen LogP contribution in [0, 0.1) is 13.8 Å². The largest absolute Gasteiger partial charge is 0.325 e. The van der Waals surface area contributed by atoms with E-state index in [2.05, 4.69) is 25.6 Å². The number of nitrogens with one attached hydrogen (secondary N) is 2. The zero-order valence-electron chi connectivity index (χ0n) is 15.6. The van der Waals surface area contributed by atoms with Crippen molar-refractivity contribution >= 4 is 44.8 Å². The number of anilines is 3. The lowest BCUT2D eigenvalue weighted by atomic mass is 10.1. The Morgan fingerprint density at radius 3 is 2.64 bits per heavy atom. The Labute approximate surface area is 166 Å². The Kier molecular flexibility index (Phi) is 4.99. The number of nitrogens with zero attached hydrogens (tertiary/aromatic N) is 3. The number of aromatic nitrogens is 3. The average Bonchev–Trinajstić information content (AvgIpc) is 3.08. The van der Waals surface area contributed by atoms with Gasteiger partial charge in [-0.3, -0.25) is 9.78 Å². The molecule has 0 fully saturated rings. The number of rotatable bonds is 5. The van der Waals surface area contributed by atoms with Crippen molar-refractivity contribution in [1.29, 1.82) is 0 Å². The molecule has 1 amide bonds. The molecule has 3 heterocycles. The molecular weight excluding hydrogens is 370 g/mol. The van der Waals surface area contributed by atoms with Crippen LogP contribution >= 0.6 is 11.3 Å². The van der Waals surface area contributed by atoms with E-state index >= 15 is 0 Å². The van der Waals surface area contributed by atoms with Crippen molar-refractivity contribution in [3.8, 4) is 0 Å². The van der Waals surface area contributed by atoms with E-state index in [1.807, 2.05) is 67.8 Å². The van der Waals surface area contributed by atoms with Gasteiger partial charge in [-0.05, 0) is 50.2 Å². The topological polar surface area (TPSA) is 79.8 Å². The molecule has 0 unspecified atom stereocenters. The van der Waals surface area contributed by atoms with Crippen LogP contribution in [0.3, 0.4) is 0 Å². The molecule has 6 nitrogen and oxygen atoms in total. The van der Waals surface area contributed by atoms with E-state index in [1.54, 1.807) is 0 Å². The number of thiazole rings is 1. The summed E-state index contributed by atoms with van der Waals surface area (Å²) in [5.74, 6) is 0.627. The van der Waals surface area contributed by atoms with Crippen molar-refractivity contribution in [2.45, 2.75) is 20.3 Å². The number of benzene rings is 1. The smallest absolute Gasteiger partial charge is 0.230 e. The molecule has 140 valence electrons. The Morgan fingerprint density at radius 1 is 0.964 bits per heavy atom. The maximum atomic E-state index is 12.5. The SMILES string of the molecule is Cc1cccc(Nc2nc(CC(=O)Nc3cccc4nc(C)ccc34)cs2)n1. The summed E-state index contributed by atoms with van der Waals surface area (Å²) in [6, 6.07) is 15.4. The molecule has 0 atom stereocenters. The third kappa shape index (κ3) is 4.15. The van der Waals surface area contributed by atoms with E-state index in [9.17, 15) is 4.79 Å². The molecule has 4 rings (SSSR count). The van der Waals surface area contributed by atoms with E-state index in [1.165, 1.54) is 11.3 Å². The van der Waals surface area contributed by atoms with Gasteiger partial charge in [0.15, 0.2) is 5.13 Å². The standard InChI is InChI=1S/C21H19N5OS/c1-13-5-3-8-19(23-13)26-21-24-15(12-28-21)11-20(27)25-18-7-4-6-17-16(18)10-9-14(2)22-17/h3-10,12H,11H2,1-2H3,(H,25,27)(H,23,24,26). The number of carbonyl (C=O) groups excluding carboxylic acids is 1. The first-order valence-corrected chi connectivity index (χ1v) is 9.76. The molecule has 0 aliphatic heterocycles. The molecule has 3 aromatic heterocycles. The summed E-state index contributed by atoms with van der Waals surface area (Å²) < 4.78 is 0. The molecule has 1 aromatic carbocycles. The van der Waals surface area contributed by atoms with Gasteiger partial charge in [0.2, 0.25) is 5.91 Å². The first-order valence-electron chi connectivity index (χ1n) is 8.88. The van der Waals surface area contributed by atoms with Gasteiger partial charge in [-0.1, -0.05) is 12.1 Å². The maximum Gasteiger partial charge on any atom is 0.230 e. The third-order valence-corrected chi connectivity index (χ3v) is 4.97. The van der Waals surface area contributed by atoms with Crippen molar-refractivity contribution in [3.63, 3.8) is 0 Å². The minimum atomic E-state index is -0.112. The van der Waals surface area contributed by atoms with Crippen LogP contribution < -0.4 is 10.6 Å². The Balaban J connectivity index is 1.44. The third-order valence-electron chi connectivity index (χ3n) is 4.16. The van der Waals surface area contributed by atoms with Gasteiger partial charge in [-0.2, -0.15) is 0 Å². The Hall–Kier alpha value is -3.32. The maximum absolute atomic E-state index is 12.5. The van der Waals surface area contributed by atoms with E-state index in [0.29, 0.717) is 10.8 Å². The average molecular weight is 389 g/mol. The van der Waals surface area contributed by atoms with Crippen LogP contribution in [0.25, 0.3) is 10.9 Å². The monoisotopic (exact) mass is 389 g/mol. The number of amides is 1. The van der Waals surface area contributed by atoms with Gasteiger partial charge < -0.3 is 10.6 Å². The zero-order valence-corrected chi connectivity index (χ0v) is 16.4. The number of pyridine rings is 2. The predicted octanol–water partition coefficient (Wildman–Crippen LogP) is 4.63. The Bertz CT molecular complexity index is 1150. The molecule has 2 N–H and O–H groups in total. The highest BCUT2D eigenvalue weighted by Gasteiger charge is 2.11. The molecule has 0 saturated carbocycles. The van der Waals surface area contributed by atoms with Gasteiger partial charge in [0, 0.05) is 22.2 Å². The number of carbonyl (C=O) groups is 1. The van der Waals surface area contributed by atoms with Gasteiger partial charge >= 0.3 is 0 Å². The van der Waals surface area contributed by atoms with E-state index in [4.69, 9.17) is 0 Å². The molecule has 7 heteroatoms. The lowest BCUT2D eigenvalue weighted by molar-refractivity contribution is -0.115. The predicted molar refractivity (Wildman–Crippen MR) is 113 cm³/mol. The fraction of sp³-hybridized carbons (Fsp3) is 0.143. The van der Waals surface area contributed by atoms with Crippen molar-refractivity contribution in [2.75, 3.05) is 10.6 Å². The number of fused-ring (bicyclic) bond motifs is 1. The highest BCUT2D eigenvalue weighted by molar-refractivity contribution is 7.13. The molecule has 4 aromatic rings. The molecule has 0 aliphatic rings. The van der Waals surface area contributed by atoms with Gasteiger partial charge in [-0.15, -0.1) is 11.3 Å². The summed E-state index contributed by atoms with van der Waals surface area (Å²) in [4.78, 5) is 25.9. The van der Waals surface area contributed by atoms with Crippen LogP contribution in [0.2, 0.25) is 0 Å². The minimum Gasteiger partial charge on any atom is -0.325 e. The highest BCUT2D eigenvalue weighted by atomic mass is 32.1. The van der Waals surface area contributed by atoms with Crippen LogP contribution in [-0.2, 0) is 11.2 Å². The van der Waals surface area contributed by atoms with Crippen molar-refractivity contribution in [3.05, 3.63) is 71.0 Å². The summed E-state index contributed by atoms with van der Waals surface area (Å²) in [5.41, 5.74) is 4.21. The van der Waals surface area contributed by atoms with Gasteiger partial charge in [0.05, 0.1) is 23.3 Å². The van der Waals surface area contributed by atoms with Crippen molar-refractivity contribution in [1.82, 2.24) is 15.0 Å². The highest BCUT2D eigenvalue weighted by Crippen LogP contribution is 2.23. The second-order valence-electron chi connectivity index (χ2n) is 6.48. The lowest BCUT2D eigenvalue weighted by Crippen LogP contribution is -2.15. The van der Waals surface area contributed by atoms with Crippen molar-refractivity contribution in [2.24, 2.45) is 0 Å². The normalized spacial score (nSPS) is 10.8. The van der Waals surface area contributed by atoms with Gasteiger partial charge in [-0.25, -0.2) is 9.97 Å². The molecule has 0 saturated heterocycles. The number of hydrogen-bond donors (Lipinski definition) is 2. The van der Waals surface area contributed by atoms with Crippen molar-refractivity contribution < 1.29 is 4.79 Å². The summed E-state index contributed by atoms with van der Waals surface area (Å²) in [7, 11) is 0. The summed E-state index contributed by atoms with van der Waals surface area (Å²) in [5, 5.41) is 9.66. The second kappa shape index (κ2) is 7.74. The molecule has 0 radical (unpaired) electrons. The fourth-order valence-corrected chi connectivity index (χ4v) is 3.61. The molecule has 0 aliphatic carbocycles. The number of aryl methyl sites for hydroxylation is 2. The second-order valence-corrected chi connectivity index (χ2v) is 7.34. The Morgan fingerprint density at radius 2 is 1.79 bits per heavy atom. The minimum absolute atomic E-state index is 0.112. The van der Waals surface area contributed by atoms with Gasteiger partial charge in [0.25, 0.3) is 0 Å². The molecule has 28 heavy (non-hydrogen) atoms. The van der Waals surface area contributed by atoms with Crippen LogP contribution in [-0.4, -0.2) is 20.9 Å². The molecular formula is C21H19N5OS. The van der Waals surface area contributed by atoms with Gasteiger partial charge in [0.1, 0.15) is 5.82 Å². The summed E-state index contributed by atoms with van der Waals surface area (Å²) in [6.45, 7) is 3.89. The first-order chi connectivity index (χ1) is 13.6. The van der Waals surface area contributed by atoms with Crippen LogP contribution in [0.5, 0.6) is 0 Å². The first kappa shape index (κ1) is 18.1. The zero-order chi connectivity index (χ0) is 19.5. The number of hydrogen-bond acceptors (Lipinski definition) is 6. The quantitative estimate of drug-likeness (QED) is 0.520. The lowest BCUT2D eigenvalue weighted by Gasteiger charge is -2.08. The van der Waals surface area contributed by atoms with Crippen LogP contribution in [0.1, 0.15) is 17.1 Å². The van der Waals surface area contributed by atoms with Crippen LogP contribution in [0.4, 0.5) is 16.6 Å². The van der Waals surface area contributed by atoms with E-state index < -0.39 is 0 Å².